The zero-order chi connectivity index (χ0) is 53.0. The molecule has 0 aliphatic heterocycles. The zero-order valence-electron chi connectivity index (χ0n) is 45.0. The number of fused-ring (bicyclic) bond motifs is 10. The van der Waals surface area contributed by atoms with Gasteiger partial charge in [0.25, 0.3) is 0 Å². The number of anilines is 12. The van der Waals surface area contributed by atoms with Crippen molar-refractivity contribution < 1.29 is 0 Å². The number of benzene rings is 11. The smallest absolute Gasteiger partial charge is 0.0465 e. The minimum atomic E-state index is 0.0385. The van der Waals surface area contributed by atoms with Gasteiger partial charge in [0, 0.05) is 79.1 Å². The summed E-state index contributed by atoms with van der Waals surface area (Å²) in [4.78, 5) is 9.64. The van der Waals surface area contributed by atoms with E-state index in [1.807, 2.05) is 0 Å². The van der Waals surface area contributed by atoms with Crippen LogP contribution in [0.4, 0.5) is 68.2 Å². The molecule has 4 nitrogen and oxygen atoms in total. The number of rotatable bonds is 12. The van der Waals surface area contributed by atoms with Crippen LogP contribution in [-0.4, -0.2) is 0 Å². The van der Waals surface area contributed by atoms with Crippen molar-refractivity contribution in [2.45, 2.75) is 62.2 Å². The fourth-order valence-electron chi connectivity index (χ4n) is 14.5. The van der Waals surface area contributed by atoms with Crippen molar-refractivity contribution in [3.05, 3.63) is 301 Å². The molecule has 0 heterocycles. The van der Waals surface area contributed by atoms with Gasteiger partial charge in [-0.3, -0.25) is 0 Å². The summed E-state index contributed by atoms with van der Waals surface area (Å²) in [5.74, 6) is 0. The van der Waals surface area contributed by atoms with Crippen molar-refractivity contribution in [2.75, 3.05) is 19.6 Å². The van der Waals surface area contributed by atoms with Crippen molar-refractivity contribution in [3.8, 4) is 22.3 Å². The fourth-order valence-corrected chi connectivity index (χ4v) is 14.5. The normalized spacial score (nSPS) is 14.8. The van der Waals surface area contributed by atoms with Crippen LogP contribution in [0.3, 0.4) is 0 Å². The average Bonchev–Trinajstić information content (AvgIpc) is 4.51. The second-order valence-corrected chi connectivity index (χ2v) is 22.4. The molecule has 0 amide bonds. The van der Waals surface area contributed by atoms with Gasteiger partial charge >= 0.3 is 0 Å². The maximum Gasteiger partial charge on any atom is 0.0465 e. The number of hydrogen-bond acceptors (Lipinski definition) is 4. The first-order chi connectivity index (χ1) is 39.6. The Morgan fingerprint density at radius 3 is 0.688 bits per heavy atom. The summed E-state index contributed by atoms with van der Waals surface area (Å²) in [6.45, 7) is 0. The van der Waals surface area contributed by atoms with Gasteiger partial charge in [-0.2, -0.15) is 0 Å². The Morgan fingerprint density at radius 1 is 0.188 bits per heavy atom. The molecular weight excluding hydrogens is 969 g/mol. The standard InChI is InChI=1S/C76H62N4/c1-5-21-55(22-6-1)77(56-23-7-2-8-24-56)59-33-37-61(38-34-59)79(65-45-47-69-67-29-13-15-31-71(67)75(73(69)53-65)49-17-18-50-75)63-41-43-64(44-42-63)80(66-46-48-70-68-30-14-16-32-72(68)76(74(70)54-66)51-19-20-52-76)62-39-35-60(36-40-62)78(57-25-9-3-10-26-57)58-27-11-4-12-28-58/h1-16,21-48,53-54H,17-20,49-52H2. The van der Waals surface area contributed by atoms with E-state index in [4.69, 9.17) is 0 Å². The maximum atomic E-state index is 2.53. The molecule has 2 saturated carbocycles. The van der Waals surface area contributed by atoms with Gasteiger partial charge in [0.15, 0.2) is 0 Å². The number of para-hydroxylation sites is 4. The third-order valence-electron chi connectivity index (χ3n) is 18.1. The first kappa shape index (κ1) is 47.8. The lowest BCUT2D eigenvalue weighted by molar-refractivity contribution is 0.550. The van der Waals surface area contributed by atoms with Gasteiger partial charge in [-0.05, 0) is 216 Å². The highest BCUT2D eigenvalue weighted by atomic mass is 15.2. The molecule has 0 atom stereocenters. The third-order valence-corrected chi connectivity index (χ3v) is 18.1. The van der Waals surface area contributed by atoms with E-state index in [2.05, 4.69) is 299 Å². The van der Waals surface area contributed by atoms with Gasteiger partial charge in [-0.1, -0.05) is 159 Å². The molecule has 4 heteroatoms. The molecule has 0 bridgehead atoms. The molecule has 11 aromatic carbocycles. The van der Waals surface area contributed by atoms with Crippen LogP contribution in [0.15, 0.2) is 279 Å². The largest absolute Gasteiger partial charge is 0.311 e. The van der Waals surface area contributed by atoms with E-state index in [0.29, 0.717) is 0 Å². The Kier molecular flexibility index (Phi) is 11.8. The summed E-state index contributed by atoms with van der Waals surface area (Å²) < 4.78 is 0. The van der Waals surface area contributed by atoms with E-state index >= 15 is 0 Å². The molecule has 2 spiro atoms. The highest BCUT2D eigenvalue weighted by Gasteiger charge is 2.46. The number of nitrogens with zero attached hydrogens (tertiary/aromatic N) is 4. The average molecular weight is 1030 g/mol. The minimum absolute atomic E-state index is 0.0385. The second-order valence-electron chi connectivity index (χ2n) is 22.4. The SMILES string of the molecule is c1ccc(N(c2ccccc2)c2ccc(N(c3ccc(N(c4ccc(N(c5ccccc5)c5ccccc5)cc4)c4ccc5c(c4)C4(CCCC4)c4ccccc4-5)cc3)c3ccc4c(c3)C3(CCCC3)c3ccccc3-4)cc2)cc1. The molecule has 15 rings (SSSR count). The lowest BCUT2D eigenvalue weighted by Crippen LogP contribution is -2.21. The fraction of sp³-hybridized carbons (Fsp3) is 0.132. The molecule has 4 aliphatic carbocycles. The molecule has 0 radical (unpaired) electrons. The van der Waals surface area contributed by atoms with Crippen molar-refractivity contribution >= 4 is 68.2 Å². The molecule has 0 saturated heterocycles. The van der Waals surface area contributed by atoms with E-state index in [0.717, 1.165) is 56.9 Å². The van der Waals surface area contributed by atoms with Gasteiger partial charge in [-0.25, -0.2) is 0 Å². The Labute approximate surface area is 471 Å². The summed E-state index contributed by atoms with van der Waals surface area (Å²) in [7, 11) is 0. The monoisotopic (exact) mass is 1030 g/mol. The van der Waals surface area contributed by atoms with Crippen LogP contribution in [-0.2, 0) is 10.8 Å². The zero-order valence-corrected chi connectivity index (χ0v) is 45.0. The summed E-state index contributed by atoms with van der Waals surface area (Å²) in [5, 5.41) is 0. The summed E-state index contributed by atoms with van der Waals surface area (Å²) >= 11 is 0. The van der Waals surface area contributed by atoms with Crippen molar-refractivity contribution in [1.82, 2.24) is 0 Å². The van der Waals surface area contributed by atoms with E-state index in [-0.39, 0.29) is 10.8 Å². The van der Waals surface area contributed by atoms with Crippen LogP contribution in [0.5, 0.6) is 0 Å². The Morgan fingerprint density at radius 2 is 0.400 bits per heavy atom. The Balaban J connectivity index is 0.865. The van der Waals surface area contributed by atoms with Crippen molar-refractivity contribution in [2.24, 2.45) is 0 Å². The molecule has 80 heavy (non-hydrogen) atoms. The lowest BCUT2D eigenvalue weighted by atomic mass is 9.76. The maximum absolute atomic E-state index is 2.53. The second kappa shape index (κ2) is 19.8. The lowest BCUT2D eigenvalue weighted by Gasteiger charge is -2.32. The third kappa shape index (κ3) is 7.95. The first-order valence-corrected chi connectivity index (χ1v) is 28.8. The van der Waals surface area contributed by atoms with Crippen molar-refractivity contribution in [3.63, 3.8) is 0 Å². The molecule has 0 unspecified atom stereocenters. The Hall–Kier alpha value is -9.38. The van der Waals surface area contributed by atoms with Crippen LogP contribution in [0, 0.1) is 0 Å². The topological polar surface area (TPSA) is 13.0 Å². The van der Waals surface area contributed by atoms with Crippen molar-refractivity contribution in [1.29, 1.82) is 0 Å². The molecule has 386 valence electrons. The predicted octanol–water partition coefficient (Wildman–Crippen LogP) is 21.2. The van der Waals surface area contributed by atoms with E-state index < -0.39 is 0 Å². The van der Waals surface area contributed by atoms with Gasteiger partial charge in [-0.15, -0.1) is 0 Å². The molecule has 11 aromatic rings. The minimum Gasteiger partial charge on any atom is -0.311 e. The van der Waals surface area contributed by atoms with E-state index in [1.54, 1.807) is 0 Å². The predicted molar refractivity (Wildman–Crippen MR) is 335 cm³/mol. The highest BCUT2D eigenvalue weighted by Crippen LogP contribution is 2.60. The van der Waals surface area contributed by atoms with Crippen LogP contribution >= 0.6 is 0 Å². The number of hydrogen-bond donors (Lipinski definition) is 0. The van der Waals surface area contributed by atoms with Gasteiger partial charge in [0.05, 0.1) is 0 Å². The quantitative estimate of drug-likeness (QED) is 0.121. The van der Waals surface area contributed by atoms with Gasteiger partial charge in [0.1, 0.15) is 0 Å². The van der Waals surface area contributed by atoms with Gasteiger partial charge < -0.3 is 19.6 Å². The Bertz CT molecular complexity index is 3650. The highest BCUT2D eigenvalue weighted by molar-refractivity contribution is 5.90. The summed E-state index contributed by atoms with van der Waals surface area (Å²) in [6.07, 6.45) is 9.73. The van der Waals surface area contributed by atoms with E-state index in [1.165, 1.54) is 107 Å². The molecule has 0 aromatic heterocycles. The molecule has 2 fully saturated rings. The van der Waals surface area contributed by atoms with Gasteiger partial charge in [0.2, 0.25) is 0 Å². The molecular formula is C76H62N4. The van der Waals surface area contributed by atoms with E-state index in [9.17, 15) is 0 Å². The van der Waals surface area contributed by atoms with Crippen LogP contribution in [0.2, 0.25) is 0 Å². The van der Waals surface area contributed by atoms with Crippen LogP contribution < -0.4 is 19.6 Å². The molecule has 4 aliphatic rings. The summed E-state index contributed by atoms with van der Waals surface area (Å²) in [5.41, 5.74) is 25.0. The summed E-state index contributed by atoms with van der Waals surface area (Å²) in [6, 6.07) is 103. The van der Waals surface area contributed by atoms with Crippen LogP contribution in [0.1, 0.15) is 73.6 Å². The van der Waals surface area contributed by atoms with Crippen LogP contribution in [0.25, 0.3) is 22.3 Å². The molecule has 0 N–H and O–H groups in total. The first-order valence-electron chi connectivity index (χ1n) is 28.8.